The number of esters is 2. The Labute approximate surface area is 117 Å². The molecule has 0 amide bonds. The number of benzene rings is 2. The normalized spacial score (nSPS) is 10.4. The molecule has 0 aliphatic carbocycles. The third-order valence-corrected chi connectivity index (χ3v) is 2.89. The Kier molecular flexibility index (Phi) is 3.74. The van der Waals surface area contributed by atoms with Crippen LogP contribution in [0.1, 0.15) is 25.0 Å². The van der Waals surface area contributed by atoms with Gasteiger partial charge in [-0.1, -0.05) is 17.7 Å². The van der Waals surface area contributed by atoms with Crippen LogP contribution < -0.4 is 9.47 Å². The van der Waals surface area contributed by atoms with Gasteiger partial charge in [0.2, 0.25) is 0 Å². The monoisotopic (exact) mass is 272 g/mol. The molecule has 0 heterocycles. The van der Waals surface area contributed by atoms with Gasteiger partial charge in [-0.25, -0.2) is 0 Å². The minimum atomic E-state index is -0.383. The molecule has 0 saturated heterocycles. The molecule has 20 heavy (non-hydrogen) atoms. The maximum atomic E-state index is 11.2. The van der Waals surface area contributed by atoms with Crippen molar-refractivity contribution in [2.75, 3.05) is 0 Å². The zero-order valence-electron chi connectivity index (χ0n) is 11.9. The molecule has 0 N–H and O–H groups in total. The number of fused-ring (bicyclic) bond motifs is 1. The van der Waals surface area contributed by atoms with Gasteiger partial charge in [0, 0.05) is 24.6 Å². The van der Waals surface area contributed by atoms with Crippen molar-refractivity contribution >= 4 is 22.7 Å². The topological polar surface area (TPSA) is 52.6 Å². The predicted molar refractivity (Wildman–Crippen MR) is 76.0 cm³/mol. The summed E-state index contributed by atoms with van der Waals surface area (Å²) in [5.74, 6) is 0.218. The van der Waals surface area contributed by atoms with E-state index < -0.39 is 0 Å². The van der Waals surface area contributed by atoms with E-state index in [1.807, 2.05) is 32.0 Å². The summed E-state index contributed by atoms with van der Waals surface area (Å²) < 4.78 is 10.5. The van der Waals surface area contributed by atoms with Crippen LogP contribution in [0, 0.1) is 13.8 Å². The Hall–Kier alpha value is -2.36. The van der Waals surface area contributed by atoms with Crippen LogP contribution in [-0.2, 0) is 9.59 Å². The SMILES string of the molecule is CC(=O)Oc1cc(C)c(OC(C)=O)c2cc(C)ccc12. The summed E-state index contributed by atoms with van der Waals surface area (Å²) in [6.45, 7) is 6.48. The summed E-state index contributed by atoms with van der Waals surface area (Å²) in [5, 5.41) is 1.50. The summed E-state index contributed by atoms with van der Waals surface area (Å²) in [7, 11) is 0. The number of aryl methyl sites for hydroxylation is 2. The van der Waals surface area contributed by atoms with Gasteiger partial charge < -0.3 is 9.47 Å². The molecule has 4 heteroatoms. The van der Waals surface area contributed by atoms with Gasteiger partial charge in [0.1, 0.15) is 11.5 Å². The number of hydrogen-bond donors (Lipinski definition) is 0. The number of rotatable bonds is 2. The lowest BCUT2D eigenvalue weighted by atomic mass is 10.0. The summed E-state index contributed by atoms with van der Waals surface area (Å²) in [5.41, 5.74) is 1.78. The second kappa shape index (κ2) is 5.33. The molecule has 4 nitrogen and oxygen atoms in total. The first-order valence-electron chi connectivity index (χ1n) is 6.29. The van der Waals surface area contributed by atoms with E-state index in [1.54, 1.807) is 6.07 Å². The van der Waals surface area contributed by atoms with Gasteiger partial charge in [-0.05, 0) is 31.5 Å². The van der Waals surface area contributed by atoms with Crippen LogP contribution in [0.15, 0.2) is 24.3 Å². The highest BCUT2D eigenvalue weighted by Crippen LogP contribution is 2.37. The number of carbonyl (C=O) groups excluding carboxylic acids is 2. The Balaban J connectivity index is 2.74. The fraction of sp³-hybridized carbons (Fsp3) is 0.250. The molecule has 0 bridgehead atoms. The summed E-state index contributed by atoms with van der Waals surface area (Å²) in [4.78, 5) is 22.4. The smallest absolute Gasteiger partial charge is 0.308 e. The van der Waals surface area contributed by atoms with E-state index in [-0.39, 0.29) is 11.9 Å². The van der Waals surface area contributed by atoms with Crippen molar-refractivity contribution < 1.29 is 19.1 Å². The van der Waals surface area contributed by atoms with Crippen LogP contribution in [0.2, 0.25) is 0 Å². The number of hydrogen-bond acceptors (Lipinski definition) is 4. The van der Waals surface area contributed by atoms with Crippen molar-refractivity contribution in [3.63, 3.8) is 0 Å². The van der Waals surface area contributed by atoms with Crippen LogP contribution in [0.25, 0.3) is 10.8 Å². The summed E-state index contributed by atoms with van der Waals surface area (Å²) in [6.07, 6.45) is 0. The average molecular weight is 272 g/mol. The molecule has 0 aromatic heterocycles. The number of ether oxygens (including phenoxy) is 2. The van der Waals surface area contributed by atoms with Gasteiger partial charge in [-0.15, -0.1) is 0 Å². The van der Waals surface area contributed by atoms with Gasteiger partial charge in [-0.2, -0.15) is 0 Å². The predicted octanol–water partition coefficient (Wildman–Crippen LogP) is 3.31. The molecule has 0 radical (unpaired) electrons. The largest absolute Gasteiger partial charge is 0.426 e. The van der Waals surface area contributed by atoms with Crippen molar-refractivity contribution in [2.45, 2.75) is 27.7 Å². The van der Waals surface area contributed by atoms with E-state index >= 15 is 0 Å². The lowest BCUT2D eigenvalue weighted by Gasteiger charge is -2.14. The fourth-order valence-corrected chi connectivity index (χ4v) is 2.13. The van der Waals surface area contributed by atoms with E-state index in [1.165, 1.54) is 13.8 Å². The number of carbonyl (C=O) groups is 2. The van der Waals surface area contributed by atoms with Gasteiger partial charge >= 0.3 is 11.9 Å². The first kappa shape index (κ1) is 14.1. The van der Waals surface area contributed by atoms with Crippen molar-refractivity contribution in [3.8, 4) is 11.5 Å². The molecular formula is C16H16O4. The molecule has 0 aliphatic rings. The summed E-state index contributed by atoms with van der Waals surface area (Å²) >= 11 is 0. The molecule has 0 fully saturated rings. The Morgan fingerprint density at radius 2 is 1.55 bits per heavy atom. The van der Waals surface area contributed by atoms with E-state index in [9.17, 15) is 9.59 Å². The Morgan fingerprint density at radius 1 is 0.900 bits per heavy atom. The van der Waals surface area contributed by atoms with Gasteiger partial charge in [-0.3, -0.25) is 9.59 Å². The van der Waals surface area contributed by atoms with Gasteiger partial charge in [0.25, 0.3) is 0 Å². The molecule has 2 aromatic rings. The third kappa shape index (κ3) is 2.79. The molecule has 0 unspecified atom stereocenters. The lowest BCUT2D eigenvalue weighted by molar-refractivity contribution is -0.132. The average Bonchev–Trinajstić information content (AvgIpc) is 2.32. The van der Waals surface area contributed by atoms with Crippen LogP contribution in [-0.4, -0.2) is 11.9 Å². The molecule has 0 atom stereocenters. The van der Waals surface area contributed by atoms with Crippen molar-refractivity contribution in [1.82, 2.24) is 0 Å². The molecular weight excluding hydrogens is 256 g/mol. The highest BCUT2D eigenvalue weighted by molar-refractivity contribution is 5.97. The zero-order chi connectivity index (χ0) is 14.9. The highest BCUT2D eigenvalue weighted by Gasteiger charge is 2.14. The molecule has 2 aromatic carbocycles. The van der Waals surface area contributed by atoms with Gasteiger partial charge in [0.15, 0.2) is 0 Å². The van der Waals surface area contributed by atoms with E-state index in [4.69, 9.17) is 9.47 Å². The van der Waals surface area contributed by atoms with E-state index in [0.29, 0.717) is 11.5 Å². The van der Waals surface area contributed by atoms with E-state index in [2.05, 4.69) is 0 Å². The third-order valence-electron chi connectivity index (χ3n) is 2.89. The highest BCUT2D eigenvalue weighted by atomic mass is 16.5. The Bertz CT molecular complexity index is 701. The first-order chi connectivity index (χ1) is 9.38. The van der Waals surface area contributed by atoms with E-state index in [0.717, 1.165) is 21.9 Å². The molecule has 2 rings (SSSR count). The summed E-state index contributed by atoms with van der Waals surface area (Å²) in [6, 6.07) is 7.39. The maximum absolute atomic E-state index is 11.2. The van der Waals surface area contributed by atoms with Crippen LogP contribution in [0.5, 0.6) is 11.5 Å². The van der Waals surface area contributed by atoms with Gasteiger partial charge in [0.05, 0.1) is 0 Å². The zero-order valence-corrected chi connectivity index (χ0v) is 11.9. The minimum absolute atomic E-state index is 0.379. The van der Waals surface area contributed by atoms with Crippen molar-refractivity contribution in [2.24, 2.45) is 0 Å². The lowest BCUT2D eigenvalue weighted by Crippen LogP contribution is -2.06. The second-order valence-corrected chi connectivity index (χ2v) is 4.76. The van der Waals surface area contributed by atoms with Crippen LogP contribution in [0.3, 0.4) is 0 Å². The fourth-order valence-electron chi connectivity index (χ4n) is 2.13. The second-order valence-electron chi connectivity index (χ2n) is 4.76. The minimum Gasteiger partial charge on any atom is -0.426 e. The molecule has 0 aliphatic heterocycles. The maximum Gasteiger partial charge on any atom is 0.308 e. The quantitative estimate of drug-likeness (QED) is 0.621. The van der Waals surface area contributed by atoms with Crippen LogP contribution >= 0.6 is 0 Å². The van der Waals surface area contributed by atoms with Crippen molar-refractivity contribution in [1.29, 1.82) is 0 Å². The molecule has 0 spiro atoms. The molecule has 104 valence electrons. The Morgan fingerprint density at radius 3 is 2.15 bits per heavy atom. The molecule has 0 saturated carbocycles. The van der Waals surface area contributed by atoms with Crippen molar-refractivity contribution in [3.05, 3.63) is 35.4 Å². The van der Waals surface area contributed by atoms with Crippen LogP contribution in [0.4, 0.5) is 0 Å². The standard InChI is InChI=1S/C16H16O4/c1-9-5-6-13-14(7-9)16(20-12(4)18)10(2)8-15(13)19-11(3)17/h5-8H,1-4H3. The first-order valence-corrected chi connectivity index (χ1v) is 6.29.